The summed E-state index contributed by atoms with van der Waals surface area (Å²) < 4.78 is 9.69. The Morgan fingerprint density at radius 3 is 2.68 bits per heavy atom. The first-order chi connectivity index (χ1) is 12.1. The Balaban J connectivity index is 1.57. The Labute approximate surface area is 146 Å². The number of carbonyl (C=O) groups excluding carboxylic acids is 2. The van der Waals surface area contributed by atoms with Crippen LogP contribution in [0.15, 0.2) is 46.5 Å². The number of benzene rings is 1. The zero-order valence-corrected chi connectivity index (χ0v) is 14.0. The highest BCUT2D eigenvalue weighted by molar-refractivity contribution is 7.14. The summed E-state index contributed by atoms with van der Waals surface area (Å²) in [6.45, 7) is 0. The van der Waals surface area contributed by atoms with Gasteiger partial charge in [-0.1, -0.05) is 5.16 Å². The zero-order valence-electron chi connectivity index (χ0n) is 13.2. The fraction of sp³-hybridized carbons (Fsp3) is 0.125. The maximum Gasteiger partial charge on any atom is 0.257 e. The molecule has 0 radical (unpaired) electrons. The van der Waals surface area contributed by atoms with Gasteiger partial charge < -0.3 is 14.6 Å². The molecule has 0 spiro atoms. The van der Waals surface area contributed by atoms with Crippen LogP contribution in [-0.4, -0.2) is 29.1 Å². The molecule has 2 aromatic heterocycles. The third kappa shape index (κ3) is 4.42. The van der Waals surface area contributed by atoms with Crippen molar-refractivity contribution < 1.29 is 18.8 Å². The van der Waals surface area contributed by atoms with Gasteiger partial charge in [0.1, 0.15) is 12.0 Å². The number of anilines is 2. The summed E-state index contributed by atoms with van der Waals surface area (Å²) in [6.07, 6.45) is 1.44. The van der Waals surface area contributed by atoms with Gasteiger partial charge in [0.05, 0.1) is 19.2 Å². The predicted octanol–water partition coefficient (Wildman–Crippen LogP) is 2.57. The third-order valence-electron chi connectivity index (χ3n) is 3.17. The lowest BCUT2D eigenvalue weighted by atomic mass is 10.2. The monoisotopic (exact) mass is 358 g/mol. The van der Waals surface area contributed by atoms with E-state index in [1.807, 2.05) is 0 Å². The summed E-state index contributed by atoms with van der Waals surface area (Å²) in [5.74, 6) is 0.460. The molecule has 9 heteroatoms. The minimum Gasteiger partial charge on any atom is -0.497 e. The van der Waals surface area contributed by atoms with Gasteiger partial charge in [0.2, 0.25) is 5.91 Å². The molecule has 0 saturated carbocycles. The van der Waals surface area contributed by atoms with Crippen molar-refractivity contribution in [1.82, 2.24) is 10.1 Å². The molecular formula is C16H14N4O4S. The number of thiazole rings is 1. The molecule has 25 heavy (non-hydrogen) atoms. The number of amides is 2. The number of hydrogen-bond acceptors (Lipinski definition) is 7. The van der Waals surface area contributed by atoms with E-state index in [9.17, 15) is 9.59 Å². The number of nitrogens with zero attached hydrogens (tertiary/aromatic N) is 2. The summed E-state index contributed by atoms with van der Waals surface area (Å²) in [6, 6.07) is 8.27. The Morgan fingerprint density at radius 2 is 2.00 bits per heavy atom. The van der Waals surface area contributed by atoms with Gasteiger partial charge in [0.25, 0.3) is 5.91 Å². The Bertz CT molecular complexity index is 859. The number of aromatic nitrogens is 2. The van der Waals surface area contributed by atoms with Crippen molar-refractivity contribution in [2.75, 3.05) is 17.7 Å². The normalized spacial score (nSPS) is 10.3. The molecule has 3 rings (SSSR count). The van der Waals surface area contributed by atoms with E-state index in [0.717, 1.165) is 0 Å². The van der Waals surface area contributed by atoms with Crippen LogP contribution in [0, 0.1) is 0 Å². The minimum absolute atomic E-state index is 0.0712. The van der Waals surface area contributed by atoms with E-state index in [-0.39, 0.29) is 18.2 Å². The average molecular weight is 358 g/mol. The van der Waals surface area contributed by atoms with Gasteiger partial charge in [-0.2, -0.15) is 0 Å². The Kier molecular flexibility index (Phi) is 5.05. The first-order valence-electron chi connectivity index (χ1n) is 7.24. The highest BCUT2D eigenvalue weighted by Gasteiger charge is 2.12. The van der Waals surface area contributed by atoms with Gasteiger partial charge >= 0.3 is 0 Å². The topological polar surface area (TPSA) is 106 Å². The van der Waals surface area contributed by atoms with Crippen LogP contribution in [0.3, 0.4) is 0 Å². The largest absolute Gasteiger partial charge is 0.497 e. The lowest BCUT2D eigenvalue weighted by Gasteiger charge is -2.03. The van der Waals surface area contributed by atoms with Gasteiger partial charge in [-0.05, 0) is 24.3 Å². The van der Waals surface area contributed by atoms with Gasteiger partial charge in [0.15, 0.2) is 10.9 Å². The first-order valence-corrected chi connectivity index (χ1v) is 8.12. The summed E-state index contributed by atoms with van der Waals surface area (Å²) in [4.78, 5) is 28.3. The number of hydrogen-bond donors (Lipinski definition) is 2. The smallest absolute Gasteiger partial charge is 0.257 e. The second kappa shape index (κ2) is 7.58. The fourth-order valence-corrected chi connectivity index (χ4v) is 2.69. The number of carbonyl (C=O) groups is 2. The standard InChI is InChI=1S/C16H14N4O4S/c1-23-12-4-2-10(3-5-12)15(22)19-16-17-11(9-25-16)8-14(21)18-13-6-7-24-20-13/h2-7,9H,8H2,1H3,(H,17,19,22)(H,18,20,21). The molecule has 8 nitrogen and oxygen atoms in total. The van der Waals surface area contributed by atoms with Crippen LogP contribution in [0.25, 0.3) is 0 Å². The van der Waals surface area contributed by atoms with E-state index in [2.05, 4.69) is 25.3 Å². The quantitative estimate of drug-likeness (QED) is 0.701. The van der Waals surface area contributed by atoms with Gasteiger partial charge in [-0.15, -0.1) is 11.3 Å². The maximum absolute atomic E-state index is 12.2. The first kappa shape index (κ1) is 16.7. The van der Waals surface area contributed by atoms with Crippen LogP contribution in [0.2, 0.25) is 0 Å². The number of rotatable bonds is 6. The number of nitrogens with one attached hydrogen (secondary N) is 2. The summed E-state index contributed by atoms with van der Waals surface area (Å²) >= 11 is 1.25. The van der Waals surface area contributed by atoms with E-state index in [4.69, 9.17) is 4.74 Å². The Morgan fingerprint density at radius 1 is 1.20 bits per heavy atom. The minimum atomic E-state index is -0.282. The highest BCUT2D eigenvalue weighted by Crippen LogP contribution is 2.18. The van der Waals surface area contributed by atoms with Crippen molar-refractivity contribution in [3.63, 3.8) is 0 Å². The van der Waals surface area contributed by atoms with Crippen LogP contribution in [0.5, 0.6) is 5.75 Å². The van der Waals surface area contributed by atoms with Gasteiger partial charge in [0, 0.05) is 17.0 Å². The molecule has 0 fully saturated rings. The van der Waals surface area contributed by atoms with Crippen LogP contribution >= 0.6 is 11.3 Å². The molecule has 0 atom stereocenters. The van der Waals surface area contributed by atoms with E-state index < -0.39 is 0 Å². The maximum atomic E-state index is 12.2. The highest BCUT2D eigenvalue weighted by atomic mass is 32.1. The molecule has 0 saturated heterocycles. The molecule has 0 unspecified atom stereocenters. The Hall–Kier alpha value is -3.20. The van der Waals surface area contributed by atoms with Crippen molar-refractivity contribution in [2.45, 2.75) is 6.42 Å². The van der Waals surface area contributed by atoms with E-state index in [0.29, 0.717) is 28.0 Å². The molecule has 2 heterocycles. The van der Waals surface area contributed by atoms with E-state index >= 15 is 0 Å². The van der Waals surface area contributed by atoms with E-state index in [1.54, 1.807) is 42.8 Å². The fourth-order valence-electron chi connectivity index (χ4n) is 1.99. The number of methoxy groups -OCH3 is 1. The second-order valence-corrected chi connectivity index (χ2v) is 5.79. The SMILES string of the molecule is COc1ccc(C(=O)Nc2nc(CC(=O)Nc3ccon3)cs2)cc1. The molecule has 3 aromatic rings. The molecule has 0 bridgehead atoms. The molecule has 128 valence electrons. The van der Waals surface area contributed by atoms with Crippen LogP contribution in [0.4, 0.5) is 10.9 Å². The van der Waals surface area contributed by atoms with E-state index in [1.165, 1.54) is 17.6 Å². The average Bonchev–Trinajstić information content (AvgIpc) is 3.27. The third-order valence-corrected chi connectivity index (χ3v) is 3.98. The van der Waals surface area contributed by atoms with Crippen LogP contribution < -0.4 is 15.4 Å². The van der Waals surface area contributed by atoms with Gasteiger partial charge in [-0.25, -0.2) is 4.98 Å². The van der Waals surface area contributed by atoms with Crippen molar-refractivity contribution in [3.8, 4) is 5.75 Å². The molecule has 0 aliphatic carbocycles. The molecule has 2 N–H and O–H groups in total. The van der Waals surface area contributed by atoms with Crippen LogP contribution in [0.1, 0.15) is 16.1 Å². The number of ether oxygens (including phenoxy) is 1. The summed E-state index contributed by atoms with van der Waals surface area (Å²) in [5.41, 5.74) is 1.04. The second-order valence-electron chi connectivity index (χ2n) is 4.94. The molecule has 0 aliphatic rings. The van der Waals surface area contributed by atoms with Crippen molar-refractivity contribution in [1.29, 1.82) is 0 Å². The van der Waals surface area contributed by atoms with Crippen LogP contribution in [-0.2, 0) is 11.2 Å². The summed E-state index contributed by atoms with van der Waals surface area (Å²) in [7, 11) is 1.56. The zero-order chi connectivity index (χ0) is 17.6. The molecule has 0 aliphatic heterocycles. The van der Waals surface area contributed by atoms with Crippen molar-refractivity contribution >= 4 is 34.1 Å². The van der Waals surface area contributed by atoms with Crippen molar-refractivity contribution in [2.24, 2.45) is 0 Å². The lowest BCUT2D eigenvalue weighted by molar-refractivity contribution is -0.115. The van der Waals surface area contributed by atoms with Crippen molar-refractivity contribution in [3.05, 3.63) is 53.2 Å². The molecule has 2 amide bonds. The predicted molar refractivity (Wildman–Crippen MR) is 91.9 cm³/mol. The van der Waals surface area contributed by atoms with Gasteiger partial charge in [-0.3, -0.25) is 14.9 Å². The molecular weight excluding hydrogens is 344 g/mol. The lowest BCUT2D eigenvalue weighted by Crippen LogP contribution is -2.15. The molecule has 1 aromatic carbocycles. The summed E-state index contributed by atoms with van der Waals surface area (Å²) in [5, 5.41) is 11.0.